The molecule has 0 unspecified atom stereocenters. The van der Waals surface area contributed by atoms with Crippen LogP contribution in [-0.4, -0.2) is 53.9 Å². The van der Waals surface area contributed by atoms with E-state index in [-0.39, 0.29) is 6.09 Å². The lowest BCUT2D eigenvalue weighted by Gasteiger charge is -2.36. The van der Waals surface area contributed by atoms with Crippen LogP contribution in [0.2, 0.25) is 0 Å². The highest BCUT2D eigenvalue weighted by Crippen LogP contribution is 2.24. The van der Waals surface area contributed by atoms with E-state index in [1.165, 1.54) is 12.8 Å². The van der Waals surface area contributed by atoms with Crippen molar-refractivity contribution < 1.29 is 14.3 Å². The first-order chi connectivity index (χ1) is 11.9. The number of anilines is 1. The minimum Gasteiger partial charge on any atom is -0.474 e. The molecule has 138 valence electrons. The molecule has 1 aliphatic heterocycles. The van der Waals surface area contributed by atoms with Crippen molar-refractivity contribution in [2.24, 2.45) is 0 Å². The summed E-state index contributed by atoms with van der Waals surface area (Å²) >= 11 is 0. The second-order valence-electron chi connectivity index (χ2n) is 7.83. The van der Waals surface area contributed by atoms with Crippen molar-refractivity contribution in [1.82, 2.24) is 9.88 Å². The maximum absolute atomic E-state index is 12.1. The molecule has 0 spiro atoms. The monoisotopic (exact) mass is 347 g/mol. The summed E-state index contributed by atoms with van der Waals surface area (Å²) in [6.45, 7) is 8.56. The van der Waals surface area contributed by atoms with E-state index in [0.717, 1.165) is 31.6 Å². The van der Waals surface area contributed by atoms with Crippen molar-refractivity contribution in [3.63, 3.8) is 0 Å². The molecule has 0 bridgehead atoms. The van der Waals surface area contributed by atoms with Gasteiger partial charge in [-0.15, -0.1) is 0 Å². The number of pyridine rings is 1. The molecule has 1 aromatic heterocycles. The van der Waals surface area contributed by atoms with Crippen molar-refractivity contribution in [2.75, 3.05) is 31.1 Å². The summed E-state index contributed by atoms with van der Waals surface area (Å²) in [4.78, 5) is 20.6. The van der Waals surface area contributed by atoms with Crippen LogP contribution in [0.5, 0.6) is 5.88 Å². The van der Waals surface area contributed by atoms with Crippen LogP contribution in [0.1, 0.15) is 46.5 Å². The number of piperazine rings is 1. The van der Waals surface area contributed by atoms with E-state index in [9.17, 15) is 4.79 Å². The third-order valence-electron chi connectivity index (χ3n) is 4.61. The van der Waals surface area contributed by atoms with Crippen LogP contribution in [0.3, 0.4) is 0 Å². The summed E-state index contributed by atoms with van der Waals surface area (Å²) in [6.07, 6.45) is 6.75. The minimum atomic E-state index is -0.451. The Kier molecular flexibility index (Phi) is 5.35. The molecule has 0 N–H and O–H groups in total. The molecule has 1 saturated heterocycles. The van der Waals surface area contributed by atoms with Gasteiger partial charge in [0.1, 0.15) is 11.7 Å². The van der Waals surface area contributed by atoms with Gasteiger partial charge in [-0.3, -0.25) is 0 Å². The lowest BCUT2D eigenvalue weighted by molar-refractivity contribution is 0.0240. The molecule has 3 rings (SSSR count). The molecule has 1 amide bonds. The maximum atomic E-state index is 12.1. The number of rotatable bonds is 3. The van der Waals surface area contributed by atoms with E-state index in [4.69, 9.17) is 9.47 Å². The highest BCUT2D eigenvalue weighted by atomic mass is 16.6. The topological polar surface area (TPSA) is 54.9 Å². The maximum Gasteiger partial charge on any atom is 0.410 e. The zero-order chi connectivity index (χ0) is 17.9. The van der Waals surface area contributed by atoms with Gasteiger partial charge in [0.25, 0.3) is 0 Å². The van der Waals surface area contributed by atoms with E-state index in [2.05, 4.69) is 16.0 Å². The second kappa shape index (κ2) is 7.50. The Hall–Kier alpha value is -1.98. The summed E-state index contributed by atoms with van der Waals surface area (Å²) in [7, 11) is 0. The smallest absolute Gasteiger partial charge is 0.410 e. The minimum absolute atomic E-state index is 0.231. The lowest BCUT2D eigenvalue weighted by Crippen LogP contribution is -2.50. The van der Waals surface area contributed by atoms with Crippen molar-refractivity contribution in [2.45, 2.75) is 58.2 Å². The Balaban J connectivity index is 1.50. The molecule has 2 fully saturated rings. The van der Waals surface area contributed by atoms with Gasteiger partial charge in [-0.2, -0.15) is 0 Å². The van der Waals surface area contributed by atoms with Crippen molar-refractivity contribution >= 4 is 11.8 Å². The van der Waals surface area contributed by atoms with Gasteiger partial charge < -0.3 is 19.3 Å². The molecule has 0 aromatic carbocycles. The van der Waals surface area contributed by atoms with Gasteiger partial charge in [0.05, 0.1) is 11.9 Å². The zero-order valence-corrected chi connectivity index (χ0v) is 15.5. The van der Waals surface area contributed by atoms with Gasteiger partial charge in [0.15, 0.2) is 0 Å². The van der Waals surface area contributed by atoms with E-state index < -0.39 is 5.60 Å². The number of ether oxygens (including phenoxy) is 2. The van der Waals surface area contributed by atoms with Crippen LogP contribution in [0.4, 0.5) is 10.5 Å². The summed E-state index contributed by atoms with van der Waals surface area (Å²) in [5.74, 6) is 0.711. The normalized spacial score (nSPS) is 19.2. The fraction of sp³-hybridized carbons (Fsp3) is 0.684. The molecule has 0 atom stereocenters. The fourth-order valence-corrected chi connectivity index (χ4v) is 3.28. The molecule has 6 heteroatoms. The summed E-state index contributed by atoms with van der Waals surface area (Å²) in [6, 6.07) is 4.01. The molecular weight excluding hydrogens is 318 g/mol. The molecule has 2 aliphatic rings. The molecule has 0 radical (unpaired) electrons. The number of hydrogen-bond donors (Lipinski definition) is 0. The number of carbonyl (C=O) groups is 1. The van der Waals surface area contributed by atoms with Crippen LogP contribution in [0.15, 0.2) is 18.3 Å². The largest absolute Gasteiger partial charge is 0.474 e. The third kappa shape index (κ3) is 5.00. The standard InChI is InChI=1S/C19H29N3O3/c1-19(2,3)25-18(23)22-12-10-21(11-13-22)15-8-9-17(20-14-15)24-16-6-4-5-7-16/h8-9,14,16H,4-7,10-13H2,1-3H3. The quantitative estimate of drug-likeness (QED) is 0.838. The number of aromatic nitrogens is 1. The van der Waals surface area contributed by atoms with E-state index in [1.54, 1.807) is 4.90 Å². The van der Waals surface area contributed by atoms with Crippen molar-refractivity contribution in [1.29, 1.82) is 0 Å². The van der Waals surface area contributed by atoms with Gasteiger partial charge in [-0.05, 0) is 52.5 Å². The lowest BCUT2D eigenvalue weighted by atomic mass is 10.2. The molecular formula is C19H29N3O3. The Bertz CT molecular complexity index is 569. The first kappa shape index (κ1) is 17.8. The van der Waals surface area contributed by atoms with E-state index in [1.807, 2.05) is 33.0 Å². The Morgan fingerprint density at radius 2 is 1.80 bits per heavy atom. The number of carbonyl (C=O) groups excluding carboxylic acids is 1. The van der Waals surface area contributed by atoms with Crippen LogP contribution in [0.25, 0.3) is 0 Å². The second-order valence-corrected chi connectivity index (χ2v) is 7.83. The van der Waals surface area contributed by atoms with Gasteiger partial charge in [-0.25, -0.2) is 9.78 Å². The Morgan fingerprint density at radius 3 is 2.36 bits per heavy atom. The summed E-state index contributed by atoms with van der Waals surface area (Å²) < 4.78 is 11.4. The number of hydrogen-bond acceptors (Lipinski definition) is 5. The summed E-state index contributed by atoms with van der Waals surface area (Å²) in [5.41, 5.74) is 0.621. The first-order valence-electron chi connectivity index (χ1n) is 9.26. The first-order valence-corrected chi connectivity index (χ1v) is 9.26. The molecule has 25 heavy (non-hydrogen) atoms. The highest BCUT2D eigenvalue weighted by Gasteiger charge is 2.26. The van der Waals surface area contributed by atoms with Crippen LogP contribution >= 0.6 is 0 Å². The molecule has 6 nitrogen and oxygen atoms in total. The van der Waals surface area contributed by atoms with Gasteiger partial charge in [0.2, 0.25) is 5.88 Å². The van der Waals surface area contributed by atoms with Crippen LogP contribution < -0.4 is 9.64 Å². The number of nitrogens with zero attached hydrogens (tertiary/aromatic N) is 3. The third-order valence-corrected chi connectivity index (χ3v) is 4.61. The molecule has 1 saturated carbocycles. The molecule has 1 aromatic rings. The van der Waals surface area contributed by atoms with Crippen LogP contribution in [-0.2, 0) is 4.74 Å². The highest BCUT2D eigenvalue weighted by molar-refractivity contribution is 5.68. The van der Waals surface area contributed by atoms with Gasteiger partial charge in [0, 0.05) is 32.2 Å². The van der Waals surface area contributed by atoms with E-state index in [0.29, 0.717) is 25.1 Å². The molecule has 2 heterocycles. The van der Waals surface area contributed by atoms with Gasteiger partial charge >= 0.3 is 6.09 Å². The van der Waals surface area contributed by atoms with Crippen LogP contribution in [0, 0.1) is 0 Å². The van der Waals surface area contributed by atoms with Crippen molar-refractivity contribution in [3.8, 4) is 5.88 Å². The number of amides is 1. The molecule has 1 aliphatic carbocycles. The Morgan fingerprint density at radius 1 is 1.12 bits per heavy atom. The van der Waals surface area contributed by atoms with E-state index >= 15 is 0 Å². The van der Waals surface area contributed by atoms with Gasteiger partial charge in [-0.1, -0.05) is 0 Å². The Labute approximate surface area is 150 Å². The predicted octanol–water partition coefficient (Wildman–Crippen LogP) is 3.46. The average Bonchev–Trinajstić information content (AvgIpc) is 3.07. The predicted molar refractivity (Wildman–Crippen MR) is 97.1 cm³/mol. The zero-order valence-electron chi connectivity index (χ0n) is 15.5. The SMILES string of the molecule is CC(C)(C)OC(=O)N1CCN(c2ccc(OC3CCCC3)nc2)CC1. The fourth-order valence-electron chi connectivity index (χ4n) is 3.28. The average molecular weight is 347 g/mol. The summed E-state index contributed by atoms with van der Waals surface area (Å²) in [5, 5.41) is 0. The van der Waals surface area contributed by atoms with Crippen molar-refractivity contribution in [3.05, 3.63) is 18.3 Å².